The summed E-state index contributed by atoms with van der Waals surface area (Å²) in [5, 5.41) is 14.1. The lowest BCUT2D eigenvalue weighted by atomic mass is 9.82. The number of urea groups is 1. The average molecular weight is 285 g/mol. The third-order valence-electron chi connectivity index (χ3n) is 3.74. The van der Waals surface area contributed by atoms with E-state index in [9.17, 15) is 14.4 Å². The lowest BCUT2D eigenvalue weighted by molar-refractivity contribution is -0.143. The molecule has 3 N–H and O–H groups in total. The molecule has 1 rings (SSSR count). The van der Waals surface area contributed by atoms with Gasteiger partial charge in [0.1, 0.15) is 6.54 Å². The van der Waals surface area contributed by atoms with Gasteiger partial charge in [-0.05, 0) is 31.6 Å². The highest BCUT2D eigenvalue weighted by atomic mass is 16.4. The normalized spacial score (nSPS) is 21.9. The minimum absolute atomic E-state index is 0.0219. The van der Waals surface area contributed by atoms with Crippen LogP contribution in [0.5, 0.6) is 0 Å². The zero-order valence-corrected chi connectivity index (χ0v) is 12.0. The van der Waals surface area contributed by atoms with Crippen LogP contribution in [-0.4, -0.2) is 55.1 Å². The van der Waals surface area contributed by atoms with Crippen LogP contribution in [-0.2, 0) is 9.59 Å². The summed E-state index contributed by atoms with van der Waals surface area (Å²) >= 11 is 0. The van der Waals surface area contributed by atoms with E-state index in [0.717, 1.165) is 12.8 Å². The highest BCUT2D eigenvalue weighted by molar-refractivity contribution is 5.83. The lowest BCUT2D eigenvalue weighted by Gasteiger charge is -2.27. The molecule has 7 heteroatoms. The molecule has 0 radical (unpaired) electrons. The second-order valence-corrected chi connectivity index (χ2v) is 5.27. The van der Waals surface area contributed by atoms with Crippen molar-refractivity contribution in [1.29, 1.82) is 0 Å². The van der Waals surface area contributed by atoms with Crippen molar-refractivity contribution in [1.82, 2.24) is 15.5 Å². The summed E-state index contributed by atoms with van der Waals surface area (Å²) in [6.45, 7) is 0.553. The van der Waals surface area contributed by atoms with Gasteiger partial charge >= 0.3 is 12.0 Å². The van der Waals surface area contributed by atoms with Gasteiger partial charge in [-0.3, -0.25) is 9.59 Å². The fraction of sp³-hybridized carbons (Fsp3) is 0.769. The molecule has 114 valence electrons. The SMILES string of the molecule is CNC(=O)CN(C)C(=O)NCC1CCC(C(=O)O)CC1. The Morgan fingerprint density at radius 2 is 1.80 bits per heavy atom. The molecule has 0 aromatic rings. The van der Waals surface area contributed by atoms with Gasteiger partial charge in [0.05, 0.1) is 5.92 Å². The number of rotatable bonds is 5. The molecule has 1 saturated carbocycles. The largest absolute Gasteiger partial charge is 0.481 e. The quantitative estimate of drug-likeness (QED) is 0.675. The van der Waals surface area contributed by atoms with Gasteiger partial charge in [0, 0.05) is 20.6 Å². The number of aliphatic carboxylic acids is 1. The van der Waals surface area contributed by atoms with Crippen molar-refractivity contribution >= 4 is 17.9 Å². The van der Waals surface area contributed by atoms with Gasteiger partial charge < -0.3 is 20.6 Å². The molecule has 1 fully saturated rings. The maximum absolute atomic E-state index is 11.8. The smallest absolute Gasteiger partial charge is 0.317 e. The summed E-state index contributed by atoms with van der Waals surface area (Å²) in [6, 6.07) is -0.283. The first-order valence-corrected chi connectivity index (χ1v) is 6.86. The number of carbonyl (C=O) groups excluding carboxylic acids is 2. The standard InChI is InChI=1S/C13H23N3O4/c1-14-11(17)8-16(2)13(20)15-7-9-3-5-10(6-4-9)12(18)19/h9-10H,3-8H2,1-2H3,(H,14,17)(H,15,20)(H,18,19). The van der Waals surface area contributed by atoms with Crippen LogP contribution in [0.25, 0.3) is 0 Å². The summed E-state index contributed by atoms with van der Waals surface area (Å²) in [5.41, 5.74) is 0. The van der Waals surface area contributed by atoms with Crippen LogP contribution in [0.15, 0.2) is 0 Å². The van der Waals surface area contributed by atoms with Gasteiger partial charge in [-0.25, -0.2) is 4.79 Å². The highest BCUT2D eigenvalue weighted by Gasteiger charge is 2.26. The Balaban J connectivity index is 2.25. The molecule has 0 unspecified atom stereocenters. The number of nitrogens with zero attached hydrogens (tertiary/aromatic N) is 1. The average Bonchev–Trinajstić information content (AvgIpc) is 2.44. The van der Waals surface area contributed by atoms with E-state index < -0.39 is 5.97 Å². The van der Waals surface area contributed by atoms with Crippen molar-refractivity contribution in [2.45, 2.75) is 25.7 Å². The topological polar surface area (TPSA) is 98.7 Å². The zero-order chi connectivity index (χ0) is 15.1. The highest BCUT2D eigenvalue weighted by Crippen LogP contribution is 2.28. The number of amides is 3. The van der Waals surface area contributed by atoms with Gasteiger partial charge in [0.2, 0.25) is 5.91 Å². The van der Waals surface area contributed by atoms with Crippen molar-refractivity contribution in [3.63, 3.8) is 0 Å². The summed E-state index contributed by atoms with van der Waals surface area (Å²) < 4.78 is 0. The molecule has 20 heavy (non-hydrogen) atoms. The molecule has 0 aromatic carbocycles. The maximum atomic E-state index is 11.8. The first-order chi connectivity index (χ1) is 9.43. The van der Waals surface area contributed by atoms with Gasteiger partial charge in [0.25, 0.3) is 0 Å². The van der Waals surface area contributed by atoms with Crippen LogP contribution >= 0.6 is 0 Å². The number of nitrogens with one attached hydrogen (secondary N) is 2. The van der Waals surface area contributed by atoms with E-state index >= 15 is 0 Å². The van der Waals surface area contributed by atoms with Crippen LogP contribution in [0.1, 0.15) is 25.7 Å². The fourth-order valence-electron chi connectivity index (χ4n) is 2.35. The van der Waals surface area contributed by atoms with E-state index in [-0.39, 0.29) is 24.4 Å². The van der Waals surface area contributed by atoms with Crippen LogP contribution in [0.4, 0.5) is 4.79 Å². The predicted octanol–water partition coefficient (Wildman–Crippen LogP) is 0.265. The van der Waals surface area contributed by atoms with Crippen molar-refractivity contribution in [2.24, 2.45) is 11.8 Å². The second-order valence-electron chi connectivity index (χ2n) is 5.27. The second kappa shape index (κ2) is 7.72. The molecule has 1 aliphatic carbocycles. The first kappa shape index (κ1) is 16.3. The van der Waals surface area contributed by atoms with E-state index in [1.807, 2.05) is 0 Å². The third-order valence-corrected chi connectivity index (χ3v) is 3.74. The van der Waals surface area contributed by atoms with Crippen molar-refractivity contribution in [3.8, 4) is 0 Å². The van der Waals surface area contributed by atoms with Crippen LogP contribution < -0.4 is 10.6 Å². The lowest BCUT2D eigenvalue weighted by Crippen LogP contribution is -2.44. The summed E-state index contributed by atoms with van der Waals surface area (Å²) in [5.74, 6) is -0.858. The van der Waals surface area contributed by atoms with Crippen LogP contribution in [0.3, 0.4) is 0 Å². The molecule has 7 nitrogen and oxygen atoms in total. The number of hydrogen-bond donors (Lipinski definition) is 3. The van der Waals surface area contributed by atoms with Crippen LogP contribution in [0, 0.1) is 11.8 Å². The van der Waals surface area contributed by atoms with Crippen molar-refractivity contribution < 1.29 is 19.5 Å². The maximum Gasteiger partial charge on any atom is 0.317 e. The minimum atomic E-state index is -0.724. The van der Waals surface area contributed by atoms with E-state index in [4.69, 9.17) is 5.11 Å². The summed E-state index contributed by atoms with van der Waals surface area (Å²) in [6.07, 6.45) is 2.97. The molecular formula is C13H23N3O4. The fourth-order valence-corrected chi connectivity index (χ4v) is 2.35. The Morgan fingerprint density at radius 3 is 2.30 bits per heavy atom. The van der Waals surface area contributed by atoms with E-state index in [1.165, 1.54) is 11.9 Å². The molecule has 0 heterocycles. The Bertz CT molecular complexity index is 365. The molecule has 0 spiro atoms. The van der Waals surface area contributed by atoms with Gasteiger partial charge in [-0.1, -0.05) is 0 Å². The van der Waals surface area contributed by atoms with E-state index in [1.54, 1.807) is 7.05 Å². The van der Waals surface area contributed by atoms with Gasteiger partial charge in [0.15, 0.2) is 0 Å². The molecule has 0 aromatic heterocycles. The molecule has 0 saturated heterocycles. The number of carboxylic acid groups (broad SMARTS) is 1. The van der Waals surface area contributed by atoms with Crippen molar-refractivity contribution in [3.05, 3.63) is 0 Å². The van der Waals surface area contributed by atoms with Gasteiger partial charge in [-0.15, -0.1) is 0 Å². The number of likely N-dealkylation sites (N-methyl/N-ethyl adjacent to an activating group) is 2. The molecule has 0 aliphatic heterocycles. The summed E-state index contributed by atoms with van der Waals surface area (Å²) in [4.78, 5) is 35.0. The van der Waals surface area contributed by atoms with E-state index in [2.05, 4.69) is 10.6 Å². The number of carboxylic acids is 1. The number of hydrogen-bond acceptors (Lipinski definition) is 3. The Hall–Kier alpha value is -1.79. The number of carbonyl (C=O) groups is 3. The molecule has 3 amide bonds. The Morgan fingerprint density at radius 1 is 1.20 bits per heavy atom. The monoisotopic (exact) mass is 285 g/mol. The Kier molecular flexibility index (Phi) is 6.27. The Labute approximate surface area is 118 Å². The van der Waals surface area contributed by atoms with Crippen LogP contribution in [0.2, 0.25) is 0 Å². The molecule has 0 atom stereocenters. The van der Waals surface area contributed by atoms with Gasteiger partial charge in [-0.2, -0.15) is 0 Å². The molecule has 1 aliphatic rings. The molecule has 0 bridgehead atoms. The zero-order valence-electron chi connectivity index (χ0n) is 12.0. The van der Waals surface area contributed by atoms with E-state index in [0.29, 0.717) is 25.3 Å². The minimum Gasteiger partial charge on any atom is -0.481 e. The van der Waals surface area contributed by atoms with Crippen molar-refractivity contribution in [2.75, 3.05) is 27.2 Å². The predicted molar refractivity (Wildman–Crippen MR) is 73.2 cm³/mol. The third kappa shape index (κ3) is 5.07. The molecular weight excluding hydrogens is 262 g/mol. The summed E-state index contributed by atoms with van der Waals surface area (Å²) in [7, 11) is 3.08. The first-order valence-electron chi connectivity index (χ1n) is 6.86.